The van der Waals surface area contributed by atoms with Crippen molar-refractivity contribution in [2.24, 2.45) is 7.05 Å². The van der Waals surface area contributed by atoms with Crippen molar-refractivity contribution < 1.29 is 26.3 Å². The van der Waals surface area contributed by atoms with Gasteiger partial charge in [-0.3, -0.25) is 0 Å². The van der Waals surface area contributed by atoms with Gasteiger partial charge in [-0.1, -0.05) is 0 Å². The van der Waals surface area contributed by atoms with Crippen LogP contribution in [0.5, 0.6) is 0 Å². The fraction of sp³-hybridized carbons (Fsp3) is 0.231. The van der Waals surface area contributed by atoms with Gasteiger partial charge in [0.25, 0.3) is 0 Å². The van der Waals surface area contributed by atoms with Crippen molar-refractivity contribution in [3.63, 3.8) is 0 Å². The number of imidazole rings is 1. The van der Waals surface area contributed by atoms with Crippen molar-refractivity contribution >= 4 is 27.1 Å². The standard InChI is InChI=1S/C13H6BrF6N5/c1-25-10-6(4-7(23-24-10)12(16,17)13(18,19)20)21-11(25)9-5(15)2-3-8(14)22-9/h2-4H,1H3. The molecule has 0 N–H and O–H groups in total. The van der Waals surface area contributed by atoms with Gasteiger partial charge in [0.2, 0.25) is 0 Å². The fourth-order valence-electron chi connectivity index (χ4n) is 2.07. The number of aromatic nitrogens is 5. The van der Waals surface area contributed by atoms with Crippen molar-refractivity contribution in [2.45, 2.75) is 12.1 Å². The van der Waals surface area contributed by atoms with E-state index in [-0.39, 0.29) is 27.3 Å². The van der Waals surface area contributed by atoms with E-state index in [1.165, 1.54) is 17.7 Å². The summed E-state index contributed by atoms with van der Waals surface area (Å²) < 4.78 is 79.6. The van der Waals surface area contributed by atoms with E-state index in [4.69, 9.17) is 0 Å². The van der Waals surface area contributed by atoms with E-state index in [1.807, 2.05) is 0 Å². The molecule has 0 aromatic carbocycles. The molecule has 3 rings (SSSR count). The maximum atomic E-state index is 13.9. The summed E-state index contributed by atoms with van der Waals surface area (Å²) in [7, 11) is 1.38. The van der Waals surface area contributed by atoms with Gasteiger partial charge in [0.1, 0.15) is 21.5 Å². The Morgan fingerprint density at radius 1 is 1.04 bits per heavy atom. The first-order valence-electron chi connectivity index (χ1n) is 6.50. The van der Waals surface area contributed by atoms with Gasteiger partial charge in [-0.15, -0.1) is 10.2 Å². The molecule has 132 valence electrons. The fourth-order valence-corrected chi connectivity index (χ4v) is 2.38. The Kier molecular flexibility index (Phi) is 3.97. The van der Waals surface area contributed by atoms with Gasteiger partial charge in [-0.05, 0) is 34.1 Å². The van der Waals surface area contributed by atoms with E-state index >= 15 is 0 Å². The van der Waals surface area contributed by atoms with Gasteiger partial charge in [0, 0.05) is 7.05 Å². The number of nitrogens with zero attached hydrogens (tertiary/aromatic N) is 5. The molecule has 5 nitrogen and oxygen atoms in total. The van der Waals surface area contributed by atoms with Crippen molar-refractivity contribution in [1.29, 1.82) is 0 Å². The van der Waals surface area contributed by atoms with Gasteiger partial charge in [0.15, 0.2) is 17.3 Å². The molecule has 0 atom stereocenters. The largest absolute Gasteiger partial charge is 0.459 e. The van der Waals surface area contributed by atoms with Crippen molar-refractivity contribution in [1.82, 2.24) is 24.7 Å². The number of aryl methyl sites for hydroxylation is 1. The third-order valence-corrected chi connectivity index (χ3v) is 3.76. The molecule has 0 aliphatic carbocycles. The van der Waals surface area contributed by atoms with Crippen LogP contribution in [0.25, 0.3) is 22.7 Å². The molecule has 0 fully saturated rings. The van der Waals surface area contributed by atoms with E-state index in [2.05, 4.69) is 36.1 Å². The van der Waals surface area contributed by atoms with Crippen LogP contribution in [0.1, 0.15) is 5.69 Å². The number of fused-ring (bicyclic) bond motifs is 1. The number of halogens is 7. The van der Waals surface area contributed by atoms with Crippen molar-refractivity contribution in [2.75, 3.05) is 0 Å². The summed E-state index contributed by atoms with van der Waals surface area (Å²) in [6.07, 6.45) is -5.83. The van der Waals surface area contributed by atoms with E-state index in [9.17, 15) is 26.3 Å². The van der Waals surface area contributed by atoms with Gasteiger partial charge in [0.05, 0.1) is 0 Å². The van der Waals surface area contributed by atoms with Gasteiger partial charge in [-0.25, -0.2) is 14.4 Å². The molecule has 0 saturated heterocycles. The Hall–Kier alpha value is -2.24. The quantitative estimate of drug-likeness (QED) is 0.460. The van der Waals surface area contributed by atoms with Crippen LogP contribution in [-0.2, 0) is 13.0 Å². The average molecular weight is 426 g/mol. The summed E-state index contributed by atoms with van der Waals surface area (Å²) in [4.78, 5) is 7.77. The van der Waals surface area contributed by atoms with Crippen LogP contribution >= 0.6 is 15.9 Å². The van der Waals surface area contributed by atoms with E-state index in [0.29, 0.717) is 6.07 Å². The molecule has 0 aliphatic heterocycles. The molecular weight excluding hydrogens is 420 g/mol. The number of pyridine rings is 1. The highest BCUT2D eigenvalue weighted by Gasteiger charge is 2.60. The lowest BCUT2D eigenvalue weighted by Crippen LogP contribution is -2.34. The minimum absolute atomic E-state index is 0.0992. The second kappa shape index (κ2) is 5.64. The maximum Gasteiger partial charge on any atom is 0.459 e. The van der Waals surface area contributed by atoms with Gasteiger partial charge in [-0.2, -0.15) is 22.0 Å². The van der Waals surface area contributed by atoms with E-state index in [0.717, 1.165) is 6.07 Å². The monoisotopic (exact) mass is 425 g/mol. The molecule has 12 heteroatoms. The molecular formula is C13H6BrF6N5. The number of hydrogen-bond donors (Lipinski definition) is 0. The number of alkyl halides is 5. The zero-order chi connectivity index (χ0) is 18.6. The highest BCUT2D eigenvalue weighted by Crippen LogP contribution is 2.43. The Morgan fingerprint density at radius 2 is 1.72 bits per heavy atom. The minimum atomic E-state index is -5.83. The van der Waals surface area contributed by atoms with Gasteiger partial charge >= 0.3 is 12.1 Å². The minimum Gasteiger partial charge on any atom is -0.309 e. The summed E-state index contributed by atoms with van der Waals surface area (Å²) in [5, 5.41) is 6.32. The molecule has 0 bridgehead atoms. The molecule has 0 radical (unpaired) electrons. The summed E-state index contributed by atoms with van der Waals surface area (Å²) >= 11 is 3.05. The van der Waals surface area contributed by atoms with Crippen molar-refractivity contribution in [3.05, 3.63) is 34.3 Å². The van der Waals surface area contributed by atoms with Crippen LogP contribution in [0, 0.1) is 5.82 Å². The van der Waals surface area contributed by atoms with Crippen LogP contribution < -0.4 is 0 Å². The van der Waals surface area contributed by atoms with E-state index in [1.54, 1.807) is 0 Å². The Bertz CT molecular complexity index is 967. The lowest BCUT2D eigenvalue weighted by molar-refractivity contribution is -0.291. The molecule has 0 amide bonds. The molecule has 25 heavy (non-hydrogen) atoms. The molecule has 0 spiro atoms. The second-order valence-electron chi connectivity index (χ2n) is 4.97. The smallest absolute Gasteiger partial charge is 0.309 e. The predicted molar refractivity (Wildman–Crippen MR) is 77.1 cm³/mol. The molecule has 3 heterocycles. The molecule has 3 aromatic rings. The summed E-state index contributed by atoms with van der Waals surface area (Å²) in [6, 6.07) is 2.90. The number of rotatable bonds is 2. The number of hydrogen-bond acceptors (Lipinski definition) is 4. The molecule has 0 aliphatic rings. The van der Waals surface area contributed by atoms with Crippen molar-refractivity contribution in [3.8, 4) is 11.5 Å². The summed E-state index contributed by atoms with van der Waals surface area (Å²) in [5.41, 5.74) is -2.22. The normalized spacial score (nSPS) is 12.8. The zero-order valence-corrected chi connectivity index (χ0v) is 13.7. The lowest BCUT2D eigenvalue weighted by atomic mass is 10.2. The van der Waals surface area contributed by atoms with Gasteiger partial charge < -0.3 is 4.57 Å². The summed E-state index contributed by atoms with van der Waals surface area (Å²) in [5.74, 6) is -6.04. The zero-order valence-electron chi connectivity index (χ0n) is 12.1. The SMILES string of the molecule is Cn1c(-c2nc(Br)ccc2F)nc2cc(C(F)(F)C(F)(F)F)nnc21. The lowest BCUT2D eigenvalue weighted by Gasteiger charge is -2.17. The highest BCUT2D eigenvalue weighted by atomic mass is 79.9. The van der Waals surface area contributed by atoms with E-state index < -0.39 is 23.6 Å². The van der Waals surface area contributed by atoms with Crippen LogP contribution in [0.15, 0.2) is 22.8 Å². The topological polar surface area (TPSA) is 56.5 Å². The first kappa shape index (κ1) is 17.6. The summed E-state index contributed by atoms with van der Waals surface area (Å²) in [6.45, 7) is 0. The average Bonchev–Trinajstić information content (AvgIpc) is 2.85. The first-order valence-corrected chi connectivity index (χ1v) is 7.29. The highest BCUT2D eigenvalue weighted by molar-refractivity contribution is 9.10. The Balaban J connectivity index is 2.20. The Labute approximate surface area is 143 Å². The molecule has 0 unspecified atom stereocenters. The predicted octanol–water partition coefficient (Wildman–Crippen LogP) is 3.98. The third kappa shape index (κ3) is 2.83. The maximum absolute atomic E-state index is 13.9. The third-order valence-electron chi connectivity index (χ3n) is 3.32. The van der Waals surface area contributed by atoms with Crippen LogP contribution in [-0.4, -0.2) is 30.9 Å². The van der Waals surface area contributed by atoms with Crippen LogP contribution in [0.3, 0.4) is 0 Å². The van der Waals surface area contributed by atoms with Crippen LogP contribution in [0.4, 0.5) is 26.3 Å². The molecule has 3 aromatic heterocycles. The second-order valence-corrected chi connectivity index (χ2v) is 5.78. The molecule has 0 saturated carbocycles. The Morgan fingerprint density at radius 3 is 2.36 bits per heavy atom. The van der Waals surface area contributed by atoms with Crippen LogP contribution in [0.2, 0.25) is 0 Å². The first-order chi connectivity index (χ1) is 11.5.